The van der Waals surface area contributed by atoms with Gasteiger partial charge in [0.2, 0.25) is 5.95 Å². The second-order valence-corrected chi connectivity index (χ2v) is 7.66. The molecule has 0 aliphatic carbocycles. The standard InChI is InChI=1S/C22H18ClFN8/c23-17-9-26-20(27-10-21-29-22(25)31-30-21)8-16(17)14-4-5-18-19(7-14)32(12-28-18)11-13-2-1-3-15(24)6-13/h1-9,12H,10-11H2,(H,26,27)(H3,25,29,30,31). The summed E-state index contributed by atoms with van der Waals surface area (Å²) in [5.41, 5.74) is 9.89. The summed E-state index contributed by atoms with van der Waals surface area (Å²) >= 11 is 6.46. The fourth-order valence-corrected chi connectivity index (χ4v) is 3.71. The molecular weight excluding hydrogens is 431 g/mol. The normalized spacial score (nSPS) is 11.2. The third-order valence-corrected chi connectivity index (χ3v) is 5.32. The monoisotopic (exact) mass is 448 g/mol. The fourth-order valence-electron chi connectivity index (χ4n) is 3.50. The Kier molecular flexibility index (Phi) is 5.16. The van der Waals surface area contributed by atoms with E-state index in [1.165, 1.54) is 12.1 Å². The zero-order valence-electron chi connectivity index (χ0n) is 16.8. The Morgan fingerprint density at radius 1 is 1.12 bits per heavy atom. The van der Waals surface area contributed by atoms with Gasteiger partial charge in [-0.3, -0.25) is 5.10 Å². The van der Waals surface area contributed by atoms with E-state index in [1.807, 2.05) is 34.9 Å². The van der Waals surface area contributed by atoms with Crippen LogP contribution in [0.25, 0.3) is 22.2 Å². The first-order valence-corrected chi connectivity index (χ1v) is 10.2. The van der Waals surface area contributed by atoms with Gasteiger partial charge in [0.05, 0.1) is 28.9 Å². The quantitative estimate of drug-likeness (QED) is 0.358. The van der Waals surface area contributed by atoms with Crippen molar-refractivity contribution in [3.05, 3.63) is 83.3 Å². The van der Waals surface area contributed by atoms with Gasteiger partial charge in [-0.05, 0) is 41.5 Å². The van der Waals surface area contributed by atoms with Gasteiger partial charge in [0, 0.05) is 18.3 Å². The molecule has 0 radical (unpaired) electrons. The largest absolute Gasteiger partial charge is 0.367 e. The maximum atomic E-state index is 13.6. The minimum atomic E-state index is -0.260. The van der Waals surface area contributed by atoms with E-state index in [1.54, 1.807) is 18.6 Å². The van der Waals surface area contributed by atoms with E-state index in [9.17, 15) is 4.39 Å². The van der Waals surface area contributed by atoms with E-state index in [-0.39, 0.29) is 11.8 Å². The third kappa shape index (κ3) is 4.10. The number of aromatic amines is 1. The highest BCUT2D eigenvalue weighted by Crippen LogP contribution is 2.31. The summed E-state index contributed by atoms with van der Waals surface area (Å²) in [4.78, 5) is 12.9. The first-order valence-electron chi connectivity index (χ1n) is 9.81. The average Bonchev–Trinajstić information content (AvgIpc) is 3.39. The predicted molar refractivity (Wildman–Crippen MR) is 122 cm³/mol. The number of rotatable bonds is 6. The van der Waals surface area contributed by atoms with Crippen LogP contribution in [-0.4, -0.2) is 29.7 Å². The Bertz CT molecular complexity index is 1410. The number of nitrogens with two attached hydrogens (primary N) is 1. The predicted octanol–water partition coefficient (Wildman–Crippen LogP) is 4.25. The van der Waals surface area contributed by atoms with Gasteiger partial charge in [-0.25, -0.2) is 14.4 Å². The number of anilines is 2. The summed E-state index contributed by atoms with van der Waals surface area (Å²) in [6, 6.07) is 14.3. The van der Waals surface area contributed by atoms with E-state index < -0.39 is 0 Å². The number of hydrogen-bond donors (Lipinski definition) is 3. The summed E-state index contributed by atoms with van der Waals surface area (Å²) in [7, 11) is 0. The molecule has 0 amide bonds. The molecule has 0 saturated carbocycles. The van der Waals surface area contributed by atoms with Crippen molar-refractivity contribution < 1.29 is 4.39 Å². The zero-order valence-corrected chi connectivity index (χ0v) is 17.5. The van der Waals surface area contributed by atoms with Crippen molar-refractivity contribution in [2.45, 2.75) is 13.1 Å². The van der Waals surface area contributed by atoms with Crippen LogP contribution in [0.15, 0.2) is 61.1 Å². The van der Waals surface area contributed by atoms with Gasteiger partial charge in [0.1, 0.15) is 17.5 Å². The van der Waals surface area contributed by atoms with Crippen LogP contribution in [0.3, 0.4) is 0 Å². The number of fused-ring (bicyclic) bond motifs is 1. The number of halogens is 2. The molecule has 8 nitrogen and oxygen atoms in total. The Hall–Kier alpha value is -3.98. The molecule has 10 heteroatoms. The number of benzene rings is 2. The third-order valence-electron chi connectivity index (χ3n) is 5.02. The molecule has 0 saturated heterocycles. The van der Waals surface area contributed by atoms with Crippen LogP contribution >= 0.6 is 11.6 Å². The van der Waals surface area contributed by atoms with Crippen molar-refractivity contribution in [3.8, 4) is 11.1 Å². The molecule has 2 aromatic carbocycles. The zero-order chi connectivity index (χ0) is 22.1. The minimum Gasteiger partial charge on any atom is -0.367 e. The van der Waals surface area contributed by atoms with Crippen molar-refractivity contribution in [3.63, 3.8) is 0 Å². The van der Waals surface area contributed by atoms with E-state index in [2.05, 4.69) is 30.5 Å². The number of nitrogens with one attached hydrogen (secondary N) is 2. The van der Waals surface area contributed by atoms with Crippen LogP contribution in [0.1, 0.15) is 11.4 Å². The molecule has 3 heterocycles. The second-order valence-electron chi connectivity index (χ2n) is 7.25. The number of imidazole rings is 1. The van der Waals surface area contributed by atoms with Crippen LogP contribution in [0.4, 0.5) is 16.2 Å². The van der Waals surface area contributed by atoms with E-state index in [0.29, 0.717) is 29.8 Å². The molecule has 160 valence electrons. The maximum absolute atomic E-state index is 13.6. The molecule has 0 aliphatic heterocycles. The van der Waals surface area contributed by atoms with Gasteiger partial charge in [-0.15, -0.1) is 5.10 Å². The first-order chi connectivity index (χ1) is 15.5. The first kappa shape index (κ1) is 20.0. The van der Waals surface area contributed by atoms with Crippen LogP contribution in [0, 0.1) is 5.82 Å². The van der Waals surface area contributed by atoms with E-state index in [4.69, 9.17) is 17.3 Å². The average molecular weight is 449 g/mol. The molecule has 4 N–H and O–H groups in total. The topological polar surface area (TPSA) is 110 Å². The molecule has 5 aromatic rings. The lowest BCUT2D eigenvalue weighted by Gasteiger charge is -2.10. The number of hydrogen-bond acceptors (Lipinski definition) is 6. The molecule has 0 atom stereocenters. The van der Waals surface area contributed by atoms with Gasteiger partial charge < -0.3 is 15.6 Å². The Labute approximate surface area is 187 Å². The number of aromatic nitrogens is 6. The lowest BCUT2D eigenvalue weighted by molar-refractivity contribution is 0.624. The highest BCUT2D eigenvalue weighted by Gasteiger charge is 2.11. The molecule has 0 spiro atoms. The summed E-state index contributed by atoms with van der Waals surface area (Å²) in [5.74, 6) is 1.16. The highest BCUT2D eigenvalue weighted by atomic mass is 35.5. The van der Waals surface area contributed by atoms with Gasteiger partial charge in [-0.1, -0.05) is 29.8 Å². The summed E-state index contributed by atoms with van der Waals surface area (Å²) in [5, 5.41) is 10.3. The molecule has 0 aliphatic rings. The Balaban J connectivity index is 1.44. The summed E-state index contributed by atoms with van der Waals surface area (Å²) in [6.45, 7) is 0.895. The van der Waals surface area contributed by atoms with E-state index >= 15 is 0 Å². The summed E-state index contributed by atoms with van der Waals surface area (Å²) < 4.78 is 15.6. The van der Waals surface area contributed by atoms with Crippen molar-refractivity contribution in [2.24, 2.45) is 0 Å². The second kappa shape index (κ2) is 8.27. The van der Waals surface area contributed by atoms with Crippen LogP contribution in [0.5, 0.6) is 0 Å². The van der Waals surface area contributed by atoms with Gasteiger partial charge >= 0.3 is 0 Å². The minimum absolute atomic E-state index is 0.190. The number of nitrogen functional groups attached to an aromatic ring is 1. The Morgan fingerprint density at radius 3 is 2.84 bits per heavy atom. The summed E-state index contributed by atoms with van der Waals surface area (Å²) in [6.07, 6.45) is 3.35. The smallest absolute Gasteiger partial charge is 0.239 e. The number of H-pyrrole nitrogens is 1. The molecule has 0 bridgehead atoms. The van der Waals surface area contributed by atoms with Gasteiger partial charge in [0.15, 0.2) is 0 Å². The molecule has 32 heavy (non-hydrogen) atoms. The number of nitrogens with zero attached hydrogens (tertiary/aromatic N) is 5. The maximum Gasteiger partial charge on any atom is 0.239 e. The molecule has 3 aromatic heterocycles. The van der Waals surface area contributed by atoms with Crippen molar-refractivity contribution in [1.82, 2.24) is 29.7 Å². The SMILES string of the molecule is Nc1n[nH]c(CNc2cc(-c3ccc4ncn(Cc5cccc(F)c5)c4c3)c(Cl)cn2)n1. The lowest BCUT2D eigenvalue weighted by Crippen LogP contribution is -2.03. The van der Waals surface area contributed by atoms with Gasteiger partial charge in [0.25, 0.3) is 0 Å². The van der Waals surface area contributed by atoms with Crippen LogP contribution in [0.2, 0.25) is 5.02 Å². The van der Waals surface area contributed by atoms with Gasteiger partial charge in [-0.2, -0.15) is 4.98 Å². The van der Waals surface area contributed by atoms with Crippen molar-refractivity contribution in [1.29, 1.82) is 0 Å². The lowest BCUT2D eigenvalue weighted by atomic mass is 10.1. The Morgan fingerprint density at radius 2 is 2.03 bits per heavy atom. The molecule has 0 fully saturated rings. The fraction of sp³-hybridized carbons (Fsp3) is 0.0909. The molecule has 0 unspecified atom stereocenters. The van der Waals surface area contributed by atoms with Crippen LogP contribution in [-0.2, 0) is 13.1 Å². The van der Waals surface area contributed by atoms with Crippen molar-refractivity contribution in [2.75, 3.05) is 11.1 Å². The van der Waals surface area contributed by atoms with Crippen LogP contribution < -0.4 is 11.1 Å². The van der Waals surface area contributed by atoms with E-state index in [0.717, 1.165) is 27.7 Å². The number of pyridine rings is 1. The highest BCUT2D eigenvalue weighted by molar-refractivity contribution is 6.33. The molecular formula is C22H18ClFN8. The van der Waals surface area contributed by atoms with Crippen molar-refractivity contribution >= 4 is 34.4 Å². The molecule has 5 rings (SSSR count).